The molecule has 4 N–H and O–H groups in total. The topological polar surface area (TPSA) is 95.6 Å². The summed E-state index contributed by atoms with van der Waals surface area (Å²) in [7, 11) is 0. The fourth-order valence-electron chi connectivity index (χ4n) is 1.30. The molecule has 0 aliphatic rings. The molecule has 0 saturated carbocycles. The van der Waals surface area contributed by atoms with Crippen molar-refractivity contribution in [1.29, 1.82) is 0 Å². The third-order valence-corrected chi connectivity index (χ3v) is 2.21. The van der Waals surface area contributed by atoms with Gasteiger partial charge in [-0.1, -0.05) is 11.6 Å². The molecule has 0 spiro atoms. The molecule has 2 heterocycles. The molecular weight excluding hydrogens is 228 g/mol. The average Bonchev–Trinajstić information content (AvgIpc) is 2.61. The van der Waals surface area contributed by atoms with Crippen LogP contribution in [0.15, 0.2) is 18.3 Å². The van der Waals surface area contributed by atoms with E-state index in [0.717, 1.165) is 0 Å². The van der Waals surface area contributed by atoms with Gasteiger partial charge in [0.2, 0.25) is 5.95 Å². The average molecular weight is 239 g/mol. The summed E-state index contributed by atoms with van der Waals surface area (Å²) in [6.45, 7) is 1.80. The van der Waals surface area contributed by atoms with Crippen molar-refractivity contribution < 1.29 is 0 Å². The summed E-state index contributed by atoms with van der Waals surface area (Å²) in [5, 5.41) is 4.58. The standard InChI is InChI=1S/C9H11ClN6/c1-5(11)8-14-9(12)15-16(8)7-3-2-6(10)4-13-7/h2-5H,11H2,1H3,(H2,12,15)/t5-/m0/s1. The van der Waals surface area contributed by atoms with Gasteiger partial charge in [0.15, 0.2) is 11.6 Å². The molecule has 0 unspecified atom stereocenters. The summed E-state index contributed by atoms with van der Waals surface area (Å²) in [4.78, 5) is 8.16. The third-order valence-electron chi connectivity index (χ3n) is 1.98. The van der Waals surface area contributed by atoms with Gasteiger partial charge in [0.05, 0.1) is 11.1 Å². The van der Waals surface area contributed by atoms with Gasteiger partial charge in [-0.3, -0.25) is 0 Å². The second kappa shape index (κ2) is 4.07. The molecule has 0 aliphatic heterocycles. The first-order valence-corrected chi connectivity index (χ1v) is 5.05. The number of nitrogens with zero attached hydrogens (tertiary/aromatic N) is 4. The summed E-state index contributed by atoms with van der Waals surface area (Å²) >= 11 is 5.75. The molecule has 2 aromatic heterocycles. The largest absolute Gasteiger partial charge is 0.366 e. The highest BCUT2D eigenvalue weighted by Crippen LogP contribution is 2.15. The zero-order valence-electron chi connectivity index (χ0n) is 8.63. The first kappa shape index (κ1) is 10.8. The first-order chi connectivity index (χ1) is 7.58. The quantitative estimate of drug-likeness (QED) is 0.811. The minimum absolute atomic E-state index is 0.170. The lowest BCUT2D eigenvalue weighted by Gasteiger charge is -2.06. The van der Waals surface area contributed by atoms with Crippen LogP contribution in [0.5, 0.6) is 0 Å². The maximum absolute atomic E-state index is 5.76. The predicted octanol–water partition coefficient (Wildman–Crippen LogP) is 0.918. The Balaban J connectivity index is 2.50. The minimum Gasteiger partial charge on any atom is -0.366 e. The van der Waals surface area contributed by atoms with Gasteiger partial charge < -0.3 is 11.5 Å². The lowest BCUT2D eigenvalue weighted by molar-refractivity contribution is 0.681. The summed E-state index contributed by atoms with van der Waals surface area (Å²) in [6.07, 6.45) is 1.53. The molecule has 6 nitrogen and oxygen atoms in total. The van der Waals surface area contributed by atoms with E-state index in [0.29, 0.717) is 16.7 Å². The Kier molecular flexibility index (Phi) is 2.76. The highest BCUT2D eigenvalue weighted by atomic mass is 35.5. The first-order valence-electron chi connectivity index (χ1n) is 4.68. The molecule has 0 radical (unpaired) electrons. The summed E-state index contributed by atoms with van der Waals surface area (Å²) in [5.41, 5.74) is 11.3. The predicted molar refractivity (Wildman–Crippen MR) is 61.2 cm³/mol. The van der Waals surface area contributed by atoms with Crippen molar-refractivity contribution in [3.63, 3.8) is 0 Å². The van der Waals surface area contributed by atoms with Gasteiger partial charge in [0, 0.05) is 6.20 Å². The Hall–Kier alpha value is -1.66. The van der Waals surface area contributed by atoms with Crippen molar-refractivity contribution in [3.8, 4) is 5.82 Å². The van der Waals surface area contributed by atoms with Gasteiger partial charge >= 0.3 is 0 Å². The van der Waals surface area contributed by atoms with Gasteiger partial charge in [0.1, 0.15) is 0 Å². The molecule has 0 amide bonds. The van der Waals surface area contributed by atoms with Crippen LogP contribution in [0.2, 0.25) is 5.02 Å². The van der Waals surface area contributed by atoms with Crippen molar-refractivity contribution >= 4 is 17.5 Å². The van der Waals surface area contributed by atoms with Crippen molar-refractivity contribution in [1.82, 2.24) is 19.7 Å². The van der Waals surface area contributed by atoms with Crippen molar-refractivity contribution in [2.24, 2.45) is 5.73 Å². The highest BCUT2D eigenvalue weighted by molar-refractivity contribution is 6.30. The Labute approximate surface area is 97.2 Å². The summed E-state index contributed by atoms with van der Waals surface area (Å²) in [6, 6.07) is 3.16. The Morgan fingerprint density at radius 3 is 2.75 bits per heavy atom. The Morgan fingerprint density at radius 1 is 1.44 bits per heavy atom. The fraction of sp³-hybridized carbons (Fsp3) is 0.222. The number of hydrogen-bond acceptors (Lipinski definition) is 5. The Morgan fingerprint density at radius 2 is 2.19 bits per heavy atom. The smallest absolute Gasteiger partial charge is 0.240 e. The second-order valence-corrected chi connectivity index (χ2v) is 3.80. The van der Waals surface area contributed by atoms with Crippen LogP contribution < -0.4 is 11.5 Å². The lowest BCUT2D eigenvalue weighted by atomic mass is 10.3. The van der Waals surface area contributed by atoms with Gasteiger partial charge in [0.25, 0.3) is 0 Å². The number of halogens is 1. The van der Waals surface area contributed by atoms with Crippen LogP contribution in [0.1, 0.15) is 18.8 Å². The molecule has 0 fully saturated rings. The molecule has 0 saturated heterocycles. The molecule has 0 aromatic carbocycles. The number of anilines is 1. The molecular formula is C9H11ClN6. The van der Waals surface area contributed by atoms with E-state index in [9.17, 15) is 0 Å². The molecule has 2 aromatic rings. The van der Waals surface area contributed by atoms with E-state index >= 15 is 0 Å². The summed E-state index contributed by atoms with van der Waals surface area (Å²) < 4.78 is 1.51. The zero-order chi connectivity index (χ0) is 11.7. The van der Waals surface area contributed by atoms with Gasteiger partial charge in [-0.05, 0) is 19.1 Å². The van der Waals surface area contributed by atoms with Gasteiger partial charge in [-0.25, -0.2) is 4.98 Å². The number of aromatic nitrogens is 4. The van der Waals surface area contributed by atoms with Crippen molar-refractivity contribution in [2.75, 3.05) is 5.73 Å². The van der Waals surface area contributed by atoms with Crippen LogP contribution >= 0.6 is 11.6 Å². The molecule has 1 atom stereocenters. The van der Waals surface area contributed by atoms with Gasteiger partial charge in [-0.2, -0.15) is 9.67 Å². The normalized spacial score (nSPS) is 12.7. The van der Waals surface area contributed by atoms with Crippen LogP contribution in [0.3, 0.4) is 0 Å². The summed E-state index contributed by atoms with van der Waals surface area (Å²) in [5.74, 6) is 1.32. The van der Waals surface area contributed by atoms with Crippen LogP contribution in [0.4, 0.5) is 5.95 Å². The molecule has 7 heteroatoms. The van der Waals surface area contributed by atoms with E-state index in [1.807, 2.05) is 0 Å². The minimum atomic E-state index is -0.276. The number of rotatable bonds is 2. The van der Waals surface area contributed by atoms with Crippen LogP contribution in [-0.4, -0.2) is 19.7 Å². The Bertz CT molecular complexity index is 489. The lowest BCUT2D eigenvalue weighted by Crippen LogP contribution is -2.14. The maximum Gasteiger partial charge on any atom is 0.240 e. The molecule has 0 aliphatic carbocycles. The number of nitrogen functional groups attached to an aromatic ring is 1. The van der Waals surface area contributed by atoms with Crippen molar-refractivity contribution in [3.05, 3.63) is 29.2 Å². The molecule has 84 valence electrons. The number of pyridine rings is 1. The van der Waals surface area contributed by atoms with Crippen LogP contribution in [-0.2, 0) is 0 Å². The SMILES string of the molecule is C[C@H](N)c1nc(N)nn1-c1ccc(Cl)cn1. The fourth-order valence-corrected chi connectivity index (χ4v) is 1.41. The van der Waals surface area contributed by atoms with E-state index in [-0.39, 0.29) is 12.0 Å². The maximum atomic E-state index is 5.76. The molecule has 16 heavy (non-hydrogen) atoms. The molecule has 0 bridgehead atoms. The third kappa shape index (κ3) is 1.98. The van der Waals surface area contributed by atoms with Gasteiger partial charge in [-0.15, -0.1) is 5.10 Å². The van der Waals surface area contributed by atoms with Crippen LogP contribution in [0.25, 0.3) is 5.82 Å². The van der Waals surface area contributed by atoms with Crippen LogP contribution in [0, 0.1) is 0 Å². The van der Waals surface area contributed by atoms with E-state index in [4.69, 9.17) is 23.1 Å². The second-order valence-electron chi connectivity index (χ2n) is 3.36. The highest BCUT2D eigenvalue weighted by Gasteiger charge is 2.13. The van der Waals surface area contributed by atoms with Crippen molar-refractivity contribution in [2.45, 2.75) is 13.0 Å². The zero-order valence-corrected chi connectivity index (χ0v) is 9.39. The van der Waals surface area contributed by atoms with E-state index < -0.39 is 0 Å². The molecule has 2 rings (SSSR count). The number of nitrogens with two attached hydrogens (primary N) is 2. The number of hydrogen-bond donors (Lipinski definition) is 2. The van der Waals surface area contributed by atoms with E-state index in [2.05, 4.69) is 15.1 Å². The van der Waals surface area contributed by atoms with E-state index in [1.165, 1.54) is 10.9 Å². The van der Waals surface area contributed by atoms with E-state index in [1.54, 1.807) is 19.1 Å². The monoisotopic (exact) mass is 238 g/mol.